The van der Waals surface area contributed by atoms with Gasteiger partial charge in [-0.1, -0.05) is 42.5 Å². The van der Waals surface area contributed by atoms with Gasteiger partial charge in [-0.05, 0) is 35.6 Å². The van der Waals surface area contributed by atoms with Crippen molar-refractivity contribution in [1.82, 2.24) is 0 Å². The maximum absolute atomic E-state index is 6.07. The van der Waals surface area contributed by atoms with Crippen LogP contribution < -0.4 is 10.5 Å². The van der Waals surface area contributed by atoms with Crippen molar-refractivity contribution in [3.8, 4) is 5.75 Å². The molecule has 0 amide bonds. The standard InChI is InChI=1S/C16H17NO/c17-15-10-9-14-13(15)7-4-8-16(14)18-11-12-5-2-1-3-6-12/h1-8,15H,9-11,17H2. The van der Waals surface area contributed by atoms with Gasteiger partial charge in [0.25, 0.3) is 0 Å². The smallest absolute Gasteiger partial charge is 0.123 e. The van der Waals surface area contributed by atoms with Crippen molar-refractivity contribution < 1.29 is 4.74 Å². The number of fused-ring (bicyclic) bond motifs is 1. The molecule has 0 bridgehead atoms. The van der Waals surface area contributed by atoms with E-state index in [9.17, 15) is 0 Å². The van der Waals surface area contributed by atoms with E-state index in [2.05, 4.69) is 18.2 Å². The molecule has 92 valence electrons. The summed E-state index contributed by atoms with van der Waals surface area (Å²) in [5.74, 6) is 0.990. The fourth-order valence-corrected chi connectivity index (χ4v) is 2.52. The van der Waals surface area contributed by atoms with E-state index >= 15 is 0 Å². The summed E-state index contributed by atoms with van der Waals surface area (Å²) in [6.45, 7) is 0.618. The number of hydrogen-bond acceptors (Lipinski definition) is 2. The highest BCUT2D eigenvalue weighted by Gasteiger charge is 2.21. The third-order valence-corrected chi connectivity index (χ3v) is 3.51. The van der Waals surface area contributed by atoms with Gasteiger partial charge in [0.1, 0.15) is 12.4 Å². The number of rotatable bonds is 3. The summed E-state index contributed by atoms with van der Waals surface area (Å²) in [6, 6.07) is 16.6. The lowest BCUT2D eigenvalue weighted by atomic mass is 10.1. The van der Waals surface area contributed by atoms with Crippen molar-refractivity contribution in [2.75, 3.05) is 0 Å². The molecule has 1 aliphatic rings. The van der Waals surface area contributed by atoms with E-state index in [0.717, 1.165) is 18.6 Å². The zero-order chi connectivity index (χ0) is 12.4. The van der Waals surface area contributed by atoms with Crippen LogP contribution in [0, 0.1) is 0 Å². The second-order valence-corrected chi connectivity index (χ2v) is 4.74. The second-order valence-electron chi connectivity index (χ2n) is 4.74. The van der Waals surface area contributed by atoms with Crippen LogP contribution in [0.5, 0.6) is 5.75 Å². The fourth-order valence-electron chi connectivity index (χ4n) is 2.52. The first-order valence-corrected chi connectivity index (χ1v) is 6.38. The predicted molar refractivity (Wildman–Crippen MR) is 72.5 cm³/mol. The van der Waals surface area contributed by atoms with E-state index in [0.29, 0.717) is 6.61 Å². The Balaban J connectivity index is 1.78. The van der Waals surface area contributed by atoms with Crippen molar-refractivity contribution in [1.29, 1.82) is 0 Å². The lowest BCUT2D eigenvalue weighted by Crippen LogP contribution is -2.05. The van der Waals surface area contributed by atoms with Crippen molar-refractivity contribution in [2.24, 2.45) is 5.73 Å². The predicted octanol–water partition coefficient (Wildman–Crippen LogP) is 3.21. The fraction of sp³-hybridized carbons (Fsp3) is 0.250. The number of benzene rings is 2. The lowest BCUT2D eigenvalue weighted by Gasteiger charge is -2.11. The number of nitrogens with two attached hydrogens (primary N) is 1. The maximum atomic E-state index is 6.07. The van der Waals surface area contributed by atoms with E-state index in [-0.39, 0.29) is 6.04 Å². The molecule has 0 saturated carbocycles. The zero-order valence-corrected chi connectivity index (χ0v) is 10.3. The largest absolute Gasteiger partial charge is 0.489 e. The molecule has 0 spiro atoms. The van der Waals surface area contributed by atoms with Crippen molar-refractivity contribution in [2.45, 2.75) is 25.5 Å². The average Bonchev–Trinajstić information content (AvgIpc) is 2.80. The average molecular weight is 239 g/mol. The van der Waals surface area contributed by atoms with Gasteiger partial charge >= 0.3 is 0 Å². The van der Waals surface area contributed by atoms with E-state index < -0.39 is 0 Å². The molecule has 0 aliphatic heterocycles. The van der Waals surface area contributed by atoms with Crippen LogP contribution in [0.4, 0.5) is 0 Å². The second kappa shape index (κ2) is 4.83. The topological polar surface area (TPSA) is 35.2 Å². The van der Waals surface area contributed by atoms with Crippen LogP contribution in [-0.4, -0.2) is 0 Å². The SMILES string of the molecule is NC1CCc2c(OCc3ccccc3)cccc21. The van der Waals surface area contributed by atoms with E-state index in [1.807, 2.05) is 30.3 Å². The highest BCUT2D eigenvalue weighted by Crippen LogP contribution is 2.35. The maximum Gasteiger partial charge on any atom is 0.123 e. The Morgan fingerprint density at radius 3 is 2.72 bits per heavy atom. The third-order valence-electron chi connectivity index (χ3n) is 3.51. The van der Waals surface area contributed by atoms with Gasteiger partial charge in [0.15, 0.2) is 0 Å². The summed E-state index contributed by atoms with van der Waals surface area (Å²) >= 11 is 0. The van der Waals surface area contributed by atoms with Crippen LogP contribution in [0.2, 0.25) is 0 Å². The van der Waals surface area contributed by atoms with E-state index in [1.165, 1.54) is 16.7 Å². The molecular formula is C16H17NO. The van der Waals surface area contributed by atoms with Crippen LogP contribution >= 0.6 is 0 Å². The molecule has 0 saturated heterocycles. The van der Waals surface area contributed by atoms with Gasteiger partial charge in [-0.2, -0.15) is 0 Å². The molecule has 3 rings (SSSR count). The molecule has 0 fully saturated rings. The molecule has 2 nitrogen and oxygen atoms in total. The van der Waals surface area contributed by atoms with Crippen LogP contribution in [0.15, 0.2) is 48.5 Å². The first kappa shape index (κ1) is 11.3. The summed E-state index contributed by atoms with van der Waals surface area (Å²) in [6.07, 6.45) is 2.06. The van der Waals surface area contributed by atoms with Gasteiger partial charge in [0.05, 0.1) is 0 Å². The van der Waals surface area contributed by atoms with Crippen LogP contribution in [0.3, 0.4) is 0 Å². The summed E-state index contributed by atoms with van der Waals surface area (Å²) in [4.78, 5) is 0. The molecule has 2 aromatic carbocycles. The third kappa shape index (κ3) is 2.12. The molecule has 1 aliphatic carbocycles. The molecule has 2 N–H and O–H groups in total. The van der Waals surface area contributed by atoms with Gasteiger partial charge in [0.2, 0.25) is 0 Å². The molecule has 1 unspecified atom stereocenters. The van der Waals surface area contributed by atoms with E-state index in [4.69, 9.17) is 10.5 Å². The first-order chi connectivity index (χ1) is 8.84. The molecule has 2 aromatic rings. The summed E-state index contributed by atoms with van der Waals surface area (Å²) in [7, 11) is 0. The van der Waals surface area contributed by atoms with Gasteiger partial charge in [0, 0.05) is 6.04 Å². The number of ether oxygens (including phenoxy) is 1. The Bertz CT molecular complexity index is 536. The van der Waals surface area contributed by atoms with Crippen LogP contribution in [0.1, 0.15) is 29.2 Å². The van der Waals surface area contributed by atoms with Crippen molar-refractivity contribution in [3.05, 3.63) is 65.2 Å². The highest BCUT2D eigenvalue weighted by molar-refractivity contribution is 5.45. The lowest BCUT2D eigenvalue weighted by molar-refractivity contribution is 0.303. The summed E-state index contributed by atoms with van der Waals surface area (Å²) < 4.78 is 5.93. The molecule has 2 heteroatoms. The van der Waals surface area contributed by atoms with Crippen molar-refractivity contribution in [3.63, 3.8) is 0 Å². The normalized spacial score (nSPS) is 17.5. The Morgan fingerprint density at radius 1 is 1.06 bits per heavy atom. The Morgan fingerprint density at radius 2 is 1.89 bits per heavy atom. The molecule has 0 heterocycles. The molecule has 0 radical (unpaired) electrons. The van der Waals surface area contributed by atoms with Crippen LogP contribution in [0.25, 0.3) is 0 Å². The van der Waals surface area contributed by atoms with Gasteiger partial charge in [-0.3, -0.25) is 0 Å². The number of hydrogen-bond donors (Lipinski definition) is 1. The minimum absolute atomic E-state index is 0.181. The van der Waals surface area contributed by atoms with Gasteiger partial charge in [-0.15, -0.1) is 0 Å². The monoisotopic (exact) mass is 239 g/mol. The zero-order valence-electron chi connectivity index (χ0n) is 10.3. The first-order valence-electron chi connectivity index (χ1n) is 6.38. The van der Waals surface area contributed by atoms with Gasteiger partial charge < -0.3 is 10.5 Å². The summed E-state index contributed by atoms with van der Waals surface area (Å²) in [5, 5.41) is 0. The Labute approximate surface area is 107 Å². The molecular weight excluding hydrogens is 222 g/mol. The Hall–Kier alpha value is -1.80. The highest BCUT2D eigenvalue weighted by atomic mass is 16.5. The summed E-state index contributed by atoms with van der Waals surface area (Å²) in [5.41, 5.74) is 9.80. The Kier molecular flexibility index (Phi) is 3.03. The quantitative estimate of drug-likeness (QED) is 0.892. The molecule has 1 atom stereocenters. The minimum Gasteiger partial charge on any atom is -0.489 e. The van der Waals surface area contributed by atoms with Crippen molar-refractivity contribution >= 4 is 0 Å². The minimum atomic E-state index is 0.181. The molecule has 18 heavy (non-hydrogen) atoms. The van der Waals surface area contributed by atoms with Crippen LogP contribution in [-0.2, 0) is 13.0 Å². The molecule has 0 aromatic heterocycles. The van der Waals surface area contributed by atoms with Gasteiger partial charge in [-0.25, -0.2) is 0 Å². The van der Waals surface area contributed by atoms with E-state index in [1.54, 1.807) is 0 Å².